The molecule has 2 aromatic rings. The van der Waals surface area contributed by atoms with Gasteiger partial charge >= 0.3 is 0 Å². The van der Waals surface area contributed by atoms with Crippen molar-refractivity contribution in [3.63, 3.8) is 0 Å². The number of thiophene rings is 1. The molecule has 0 saturated carbocycles. The number of aromatic nitrogens is 2. The number of anilines is 2. The van der Waals surface area contributed by atoms with Crippen LogP contribution >= 0.6 is 11.3 Å². The maximum atomic E-state index is 4.26. The summed E-state index contributed by atoms with van der Waals surface area (Å²) in [6, 6.07) is 4.47. The molecule has 1 unspecified atom stereocenters. The second-order valence-corrected chi connectivity index (χ2v) is 5.38. The van der Waals surface area contributed by atoms with Crippen molar-refractivity contribution >= 4 is 23.0 Å². The normalized spacial score (nSPS) is 12.1. The first-order valence-electron chi connectivity index (χ1n) is 6.61. The van der Waals surface area contributed by atoms with Gasteiger partial charge in [-0.25, -0.2) is 9.97 Å². The van der Waals surface area contributed by atoms with Gasteiger partial charge in [-0.1, -0.05) is 6.92 Å². The van der Waals surface area contributed by atoms with E-state index in [1.54, 1.807) is 17.7 Å². The Morgan fingerprint density at radius 2 is 2.16 bits per heavy atom. The topological polar surface area (TPSA) is 49.8 Å². The molecule has 0 saturated heterocycles. The number of hydrogen-bond donors (Lipinski definition) is 2. The minimum absolute atomic E-state index is 0.350. The van der Waals surface area contributed by atoms with Crippen LogP contribution in [0.25, 0.3) is 0 Å². The first kappa shape index (κ1) is 13.8. The van der Waals surface area contributed by atoms with Crippen LogP contribution in [-0.4, -0.2) is 22.6 Å². The third-order valence-electron chi connectivity index (χ3n) is 2.74. The molecule has 0 aromatic carbocycles. The molecule has 0 aliphatic rings. The molecule has 1 atom stereocenters. The fourth-order valence-electron chi connectivity index (χ4n) is 1.85. The van der Waals surface area contributed by atoms with Crippen LogP contribution in [0.2, 0.25) is 0 Å². The van der Waals surface area contributed by atoms with E-state index in [9.17, 15) is 0 Å². The van der Waals surface area contributed by atoms with Gasteiger partial charge in [0.2, 0.25) is 0 Å². The molecule has 0 aliphatic heterocycles. The largest absolute Gasteiger partial charge is 0.370 e. The van der Waals surface area contributed by atoms with Crippen molar-refractivity contribution in [2.24, 2.45) is 0 Å². The van der Waals surface area contributed by atoms with Gasteiger partial charge in [-0.05, 0) is 42.2 Å². The van der Waals surface area contributed by atoms with E-state index < -0.39 is 0 Å². The zero-order valence-corrected chi connectivity index (χ0v) is 12.2. The lowest BCUT2D eigenvalue weighted by Gasteiger charge is -2.14. The van der Waals surface area contributed by atoms with E-state index in [0.29, 0.717) is 6.04 Å². The smallest absolute Gasteiger partial charge is 0.131 e. The van der Waals surface area contributed by atoms with Crippen molar-refractivity contribution in [2.45, 2.75) is 32.7 Å². The van der Waals surface area contributed by atoms with E-state index >= 15 is 0 Å². The summed E-state index contributed by atoms with van der Waals surface area (Å²) in [5, 5.41) is 11.0. The highest BCUT2D eigenvalue weighted by Gasteiger charge is 2.05. The van der Waals surface area contributed by atoms with Crippen molar-refractivity contribution in [1.29, 1.82) is 0 Å². The Morgan fingerprint density at radius 3 is 2.89 bits per heavy atom. The molecule has 2 heterocycles. The van der Waals surface area contributed by atoms with E-state index in [2.05, 4.69) is 51.3 Å². The minimum atomic E-state index is 0.350. The monoisotopic (exact) mass is 276 g/mol. The van der Waals surface area contributed by atoms with Crippen molar-refractivity contribution in [1.82, 2.24) is 9.97 Å². The summed E-state index contributed by atoms with van der Waals surface area (Å²) in [5.41, 5.74) is 1.36. The van der Waals surface area contributed by atoms with E-state index in [1.165, 1.54) is 5.56 Å². The molecule has 4 nitrogen and oxygen atoms in total. The Bertz CT molecular complexity index is 484. The molecule has 2 rings (SSSR count). The van der Waals surface area contributed by atoms with Gasteiger partial charge in [-0.3, -0.25) is 0 Å². The molecule has 0 fully saturated rings. The van der Waals surface area contributed by atoms with Gasteiger partial charge in [0.1, 0.15) is 18.0 Å². The van der Waals surface area contributed by atoms with Crippen molar-refractivity contribution in [3.05, 3.63) is 34.8 Å². The summed E-state index contributed by atoms with van der Waals surface area (Å²) in [7, 11) is 0. The van der Waals surface area contributed by atoms with Crippen LogP contribution in [0.1, 0.15) is 25.8 Å². The summed E-state index contributed by atoms with van der Waals surface area (Å²) in [6.45, 7) is 5.23. The van der Waals surface area contributed by atoms with Gasteiger partial charge in [0.05, 0.1) is 0 Å². The van der Waals surface area contributed by atoms with E-state index in [-0.39, 0.29) is 0 Å². The van der Waals surface area contributed by atoms with Crippen molar-refractivity contribution in [3.8, 4) is 0 Å². The Labute approximate surface area is 118 Å². The zero-order valence-electron chi connectivity index (χ0n) is 11.4. The predicted octanol–water partition coefficient (Wildman–Crippen LogP) is 3.40. The molecule has 19 heavy (non-hydrogen) atoms. The highest BCUT2D eigenvalue weighted by Crippen LogP contribution is 2.13. The minimum Gasteiger partial charge on any atom is -0.370 e. The van der Waals surface area contributed by atoms with E-state index in [1.807, 2.05) is 6.07 Å². The number of hydrogen-bond acceptors (Lipinski definition) is 5. The van der Waals surface area contributed by atoms with Crippen molar-refractivity contribution in [2.75, 3.05) is 17.2 Å². The first-order valence-corrected chi connectivity index (χ1v) is 7.55. The summed E-state index contributed by atoms with van der Waals surface area (Å²) >= 11 is 1.74. The Morgan fingerprint density at radius 1 is 1.32 bits per heavy atom. The average molecular weight is 276 g/mol. The Balaban J connectivity index is 1.90. The molecule has 0 amide bonds. The first-order chi connectivity index (χ1) is 9.28. The highest BCUT2D eigenvalue weighted by atomic mass is 32.1. The van der Waals surface area contributed by atoms with Crippen LogP contribution in [0.15, 0.2) is 29.2 Å². The Hall–Kier alpha value is -1.62. The van der Waals surface area contributed by atoms with Gasteiger partial charge in [-0.15, -0.1) is 0 Å². The molecule has 0 aliphatic carbocycles. The third kappa shape index (κ3) is 4.52. The van der Waals surface area contributed by atoms with E-state index in [4.69, 9.17) is 0 Å². The summed E-state index contributed by atoms with van der Waals surface area (Å²) in [6.07, 6.45) is 3.68. The number of rotatable bonds is 7. The number of nitrogens with zero attached hydrogens (tertiary/aromatic N) is 2. The van der Waals surface area contributed by atoms with Crippen molar-refractivity contribution < 1.29 is 0 Å². The standard InChI is InChI=1S/C14H20N4S/c1-3-5-15-13-8-14(17-10-16-13)18-11(2)7-12-4-6-19-9-12/h4,6,8-11H,3,5,7H2,1-2H3,(H2,15,16,17,18). The SMILES string of the molecule is CCCNc1cc(NC(C)Cc2ccsc2)ncn1. The zero-order chi connectivity index (χ0) is 13.5. The highest BCUT2D eigenvalue weighted by molar-refractivity contribution is 7.07. The average Bonchev–Trinajstić information content (AvgIpc) is 2.89. The molecule has 2 N–H and O–H groups in total. The summed E-state index contributed by atoms with van der Waals surface area (Å²) in [5.74, 6) is 1.75. The van der Waals surface area contributed by atoms with Crippen LogP contribution in [-0.2, 0) is 6.42 Å². The van der Waals surface area contributed by atoms with Crippen LogP contribution in [0, 0.1) is 0 Å². The van der Waals surface area contributed by atoms with Crippen LogP contribution in [0.5, 0.6) is 0 Å². The fraction of sp³-hybridized carbons (Fsp3) is 0.429. The van der Waals surface area contributed by atoms with Gasteiger partial charge < -0.3 is 10.6 Å². The van der Waals surface area contributed by atoms with Crippen LogP contribution in [0.3, 0.4) is 0 Å². The lowest BCUT2D eigenvalue weighted by Crippen LogP contribution is -2.18. The summed E-state index contributed by atoms with van der Waals surface area (Å²) in [4.78, 5) is 8.46. The molecular weight excluding hydrogens is 256 g/mol. The number of nitrogens with one attached hydrogen (secondary N) is 2. The van der Waals surface area contributed by atoms with E-state index in [0.717, 1.165) is 31.0 Å². The maximum absolute atomic E-state index is 4.26. The lowest BCUT2D eigenvalue weighted by molar-refractivity contribution is 0.786. The molecule has 0 spiro atoms. The molecular formula is C14H20N4S. The quantitative estimate of drug-likeness (QED) is 0.813. The third-order valence-corrected chi connectivity index (χ3v) is 3.47. The van der Waals surface area contributed by atoms with Crippen LogP contribution in [0.4, 0.5) is 11.6 Å². The molecule has 0 bridgehead atoms. The van der Waals surface area contributed by atoms with Gasteiger partial charge in [0.15, 0.2) is 0 Å². The second kappa shape index (κ2) is 7.09. The fourth-order valence-corrected chi connectivity index (χ4v) is 2.53. The lowest BCUT2D eigenvalue weighted by atomic mass is 10.1. The molecule has 5 heteroatoms. The molecule has 0 radical (unpaired) electrons. The van der Waals surface area contributed by atoms with Gasteiger partial charge in [-0.2, -0.15) is 11.3 Å². The van der Waals surface area contributed by atoms with Crippen LogP contribution < -0.4 is 10.6 Å². The predicted molar refractivity (Wildman–Crippen MR) is 81.9 cm³/mol. The van der Waals surface area contributed by atoms with Gasteiger partial charge in [0.25, 0.3) is 0 Å². The van der Waals surface area contributed by atoms with Gasteiger partial charge in [0, 0.05) is 18.7 Å². The Kier molecular flexibility index (Phi) is 5.15. The summed E-state index contributed by atoms with van der Waals surface area (Å²) < 4.78 is 0. The second-order valence-electron chi connectivity index (χ2n) is 4.60. The maximum Gasteiger partial charge on any atom is 0.131 e. The molecule has 2 aromatic heterocycles. The molecule has 102 valence electrons.